The van der Waals surface area contributed by atoms with Crippen LogP contribution in [0, 0.1) is 17.8 Å². The summed E-state index contributed by atoms with van der Waals surface area (Å²) in [5, 5.41) is 3.36. The van der Waals surface area contributed by atoms with E-state index in [0.717, 1.165) is 11.8 Å². The number of rotatable bonds is 4. The number of nitrogens with one attached hydrogen (secondary N) is 2. The normalized spacial score (nSPS) is 28.4. The molecule has 3 rings (SSSR count). The third-order valence-corrected chi connectivity index (χ3v) is 5.19. The number of aromatic nitrogens is 1. The van der Waals surface area contributed by atoms with Crippen LogP contribution in [0.15, 0.2) is 12.1 Å². The number of hydrazine groups is 1. The first kappa shape index (κ1) is 14.6. The number of carbonyl (C=O) groups is 1. The van der Waals surface area contributed by atoms with Gasteiger partial charge in [0, 0.05) is 11.6 Å². The monoisotopic (exact) mass is 308 g/mol. The maximum Gasteiger partial charge on any atom is 0.251 e. The maximum atomic E-state index is 12.4. The van der Waals surface area contributed by atoms with Crippen LogP contribution in [-0.2, 0) is 0 Å². The number of hydrogen-bond donors (Lipinski definition) is 3. The molecule has 1 aromatic heterocycles. The SMILES string of the molecule is CC(NC(=O)c1cc(Cl)nc(NN)c1)C1CC2CCC1C2. The summed E-state index contributed by atoms with van der Waals surface area (Å²) < 4.78 is 0. The Hall–Kier alpha value is -1.33. The molecule has 2 fully saturated rings. The average molecular weight is 309 g/mol. The lowest BCUT2D eigenvalue weighted by molar-refractivity contribution is 0.0915. The van der Waals surface area contributed by atoms with E-state index in [2.05, 4.69) is 22.7 Å². The zero-order valence-corrected chi connectivity index (χ0v) is 12.9. The number of fused-ring (bicyclic) bond motifs is 2. The number of amides is 1. The van der Waals surface area contributed by atoms with Crippen LogP contribution >= 0.6 is 11.6 Å². The molecule has 5 nitrogen and oxygen atoms in total. The fraction of sp³-hybridized carbons (Fsp3) is 0.600. The minimum atomic E-state index is -0.119. The highest BCUT2D eigenvalue weighted by Gasteiger charge is 2.42. The van der Waals surface area contributed by atoms with Gasteiger partial charge in [0.2, 0.25) is 0 Å². The van der Waals surface area contributed by atoms with E-state index in [4.69, 9.17) is 17.4 Å². The molecule has 0 aromatic carbocycles. The summed E-state index contributed by atoms with van der Waals surface area (Å²) in [5.74, 6) is 7.87. The molecule has 0 saturated heterocycles. The third kappa shape index (κ3) is 2.99. The Morgan fingerprint density at radius 3 is 2.86 bits per heavy atom. The van der Waals surface area contributed by atoms with Crippen LogP contribution in [0.4, 0.5) is 5.82 Å². The van der Waals surface area contributed by atoms with E-state index in [0.29, 0.717) is 17.3 Å². The van der Waals surface area contributed by atoms with Crippen LogP contribution in [0.3, 0.4) is 0 Å². The summed E-state index contributed by atoms with van der Waals surface area (Å²) in [4.78, 5) is 16.3. The second-order valence-corrected chi connectivity index (χ2v) is 6.70. The van der Waals surface area contributed by atoms with E-state index in [-0.39, 0.29) is 17.1 Å². The zero-order chi connectivity index (χ0) is 15.0. The molecule has 1 aromatic rings. The molecule has 1 heterocycles. The summed E-state index contributed by atoms with van der Waals surface area (Å²) in [7, 11) is 0. The fourth-order valence-electron chi connectivity index (χ4n) is 4.01. The highest BCUT2D eigenvalue weighted by Crippen LogP contribution is 2.49. The van der Waals surface area contributed by atoms with E-state index >= 15 is 0 Å². The van der Waals surface area contributed by atoms with E-state index in [1.165, 1.54) is 25.7 Å². The van der Waals surface area contributed by atoms with E-state index in [1.807, 2.05) is 0 Å². The van der Waals surface area contributed by atoms with Gasteiger partial charge >= 0.3 is 0 Å². The Morgan fingerprint density at radius 2 is 2.24 bits per heavy atom. The van der Waals surface area contributed by atoms with Crippen molar-refractivity contribution in [1.29, 1.82) is 0 Å². The van der Waals surface area contributed by atoms with Crippen molar-refractivity contribution in [3.63, 3.8) is 0 Å². The lowest BCUT2D eigenvalue weighted by Crippen LogP contribution is -2.40. The summed E-state index contributed by atoms with van der Waals surface area (Å²) in [6.45, 7) is 2.11. The number of anilines is 1. The number of carbonyl (C=O) groups excluding carboxylic acids is 1. The number of nitrogen functional groups attached to an aromatic ring is 1. The number of hydrogen-bond acceptors (Lipinski definition) is 4. The average Bonchev–Trinajstić information content (AvgIpc) is 3.09. The molecule has 114 valence electrons. The maximum absolute atomic E-state index is 12.4. The minimum Gasteiger partial charge on any atom is -0.349 e. The van der Waals surface area contributed by atoms with Gasteiger partial charge in [0.15, 0.2) is 0 Å². The summed E-state index contributed by atoms with van der Waals surface area (Å²) in [6.07, 6.45) is 5.28. The van der Waals surface area contributed by atoms with Crippen LogP contribution in [0.25, 0.3) is 0 Å². The van der Waals surface area contributed by atoms with Crippen LogP contribution < -0.4 is 16.6 Å². The topological polar surface area (TPSA) is 80.0 Å². The number of nitrogens with zero attached hydrogens (tertiary/aromatic N) is 1. The lowest BCUT2D eigenvalue weighted by atomic mass is 9.84. The van der Waals surface area contributed by atoms with Gasteiger partial charge in [-0.1, -0.05) is 18.0 Å². The van der Waals surface area contributed by atoms with Crippen molar-refractivity contribution < 1.29 is 4.79 Å². The smallest absolute Gasteiger partial charge is 0.251 e. The van der Waals surface area contributed by atoms with Gasteiger partial charge in [0.25, 0.3) is 5.91 Å². The van der Waals surface area contributed by atoms with Crippen molar-refractivity contribution in [2.75, 3.05) is 5.43 Å². The first-order chi connectivity index (χ1) is 10.1. The van der Waals surface area contributed by atoms with Crippen molar-refractivity contribution in [3.8, 4) is 0 Å². The molecule has 21 heavy (non-hydrogen) atoms. The van der Waals surface area contributed by atoms with Crippen LogP contribution in [0.2, 0.25) is 5.15 Å². The van der Waals surface area contributed by atoms with Crippen molar-refractivity contribution in [2.24, 2.45) is 23.6 Å². The van der Waals surface area contributed by atoms with Gasteiger partial charge in [-0.3, -0.25) is 4.79 Å². The van der Waals surface area contributed by atoms with Gasteiger partial charge in [-0.2, -0.15) is 0 Å². The summed E-state index contributed by atoms with van der Waals surface area (Å²) in [6, 6.07) is 3.36. The van der Waals surface area contributed by atoms with E-state index < -0.39 is 0 Å². The van der Waals surface area contributed by atoms with Gasteiger partial charge in [-0.05, 0) is 56.1 Å². The Bertz CT molecular complexity index is 550. The van der Waals surface area contributed by atoms with Gasteiger partial charge in [0.1, 0.15) is 11.0 Å². The van der Waals surface area contributed by atoms with Gasteiger partial charge in [-0.25, -0.2) is 10.8 Å². The molecule has 4 N–H and O–H groups in total. The molecule has 4 unspecified atom stereocenters. The molecule has 0 aliphatic heterocycles. The molecule has 1 amide bonds. The van der Waals surface area contributed by atoms with Crippen molar-refractivity contribution in [3.05, 3.63) is 22.8 Å². The number of pyridine rings is 1. The Labute approximate surface area is 129 Å². The Kier molecular flexibility index (Phi) is 4.04. The van der Waals surface area contributed by atoms with Crippen molar-refractivity contribution in [2.45, 2.75) is 38.6 Å². The molecule has 0 spiro atoms. The van der Waals surface area contributed by atoms with Crippen LogP contribution in [-0.4, -0.2) is 16.9 Å². The Morgan fingerprint density at radius 1 is 1.43 bits per heavy atom. The van der Waals surface area contributed by atoms with Gasteiger partial charge in [0.05, 0.1) is 0 Å². The standard InChI is InChI=1S/C15H21ClN4O/c1-8(12-5-9-2-3-10(12)4-9)18-15(21)11-6-13(16)19-14(7-11)20-17/h6-10,12H,2-5,17H2,1H3,(H,18,21)(H,19,20). The highest BCUT2D eigenvalue weighted by atomic mass is 35.5. The van der Waals surface area contributed by atoms with Crippen molar-refractivity contribution >= 4 is 23.3 Å². The second-order valence-electron chi connectivity index (χ2n) is 6.31. The third-order valence-electron chi connectivity index (χ3n) is 5.00. The Balaban J connectivity index is 1.67. The molecule has 4 atom stereocenters. The molecule has 2 saturated carbocycles. The van der Waals surface area contributed by atoms with Crippen molar-refractivity contribution in [1.82, 2.24) is 10.3 Å². The summed E-state index contributed by atoms with van der Waals surface area (Å²) >= 11 is 5.90. The lowest BCUT2D eigenvalue weighted by Gasteiger charge is -2.28. The highest BCUT2D eigenvalue weighted by molar-refractivity contribution is 6.29. The molecular weight excluding hydrogens is 288 g/mol. The quantitative estimate of drug-likeness (QED) is 0.454. The summed E-state index contributed by atoms with van der Waals surface area (Å²) in [5.41, 5.74) is 2.90. The first-order valence-electron chi connectivity index (χ1n) is 7.52. The molecule has 2 bridgehead atoms. The number of halogens is 1. The van der Waals surface area contributed by atoms with Crippen LogP contribution in [0.1, 0.15) is 43.0 Å². The molecule has 2 aliphatic carbocycles. The molecule has 6 heteroatoms. The largest absolute Gasteiger partial charge is 0.349 e. The predicted molar refractivity (Wildman–Crippen MR) is 82.9 cm³/mol. The van der Waals surface area contributed by atoms with Crippen LogP contribution in [0.5, 0.6) is 0 Å². The minimum absolute atomic E-state index is 0.119. The van der Waals surface area contributed by atoms with Gasteiger partial charge < -0.3 is 10.7 Å². The molecule has 2 aliphatic rings. The number of nitrogens with two attached hydrogens (primary N) is 1. The fourth-order valence-corrected chi connectivity index (χ4v) is 4.21. The molecule has 0 radical (unpaired) electrons. The van der Waals surface area contributed by atoms with Gasteiger partial charge in [-0.15, -0.1) is 0 Å². The molecular formula is C15H21ClN4O. The first-order valence-corrected chi connectivity index (χ1v) is 7.89. The van der Waals surface area contributed by atoms with E-state index in [1.54, 1.807) is 12.1 Å². The zero-order valence-electron chi connectivity index (χ0n) is 12.1. The second kappa shape index (κ2) is 5.81. The van der Waals surface area contributed by atoms with E-state index in [9.17, 15) is 4.79 Å². The predicted octanol–water partition coefficient (Wildman–Crippen LogP) is 2.58.